The normalized spacial score (nSPS) is 17.2. The third-order valence-corrected chi connectivity index (χ3v) is 3.58. The third kappa shape index (κ3) is 1.57. The molecule has 2 aromatic carbocycles. The number of nitrogens with one attached hydrogen (secondary N) is 1. The highest BCUT2D eigenvalue weighted by atomic mass is 16.3. The number of benzene rings is 2. The van der Waals surface area contributed by atoms with Crippen molar-refractivity contribution in [3.63, 3.8) is 0 Å². The molecular weight excluding hydrogens is 234 g/mol. The van der Waals surface area contributed by atoms with E-state index in [1.807, 2.05) is 30.5 Å². The smallest absolute Gasteiger partial charge is 0.140 e. The molecule has 1 aromatic heterocycles. The van der Waals surface area contributed by atoms with Crippen LogP contribution in [-0.2, 0) is 0 Å². The molecule has 1 N–H and O–H groups in total. The summed E-state index contributed by atoms with van der Waals surface area (Å²) < 4.78 is 6.04. The van der Waals surface area contributed by atoms with Crippen molar-refractivity contribution >= 4 is 16.7 Å². The van der Waals surface area contributed by atoms with Crippen LogP contribution in [0.15, 0.2) is 71.3 Å². The Morgan fingerprint density at radius 1 is 0.895 bits per heavy atom. The molecule has 2 heteroatoms. The topological polar surface area (TPSA) is 25.2 Å². The summed E-state index contributed by atoms with van der Waals surface area (Å²) in [6.07, 6.45) is 4.14. The first kappa shape index (κ1) is 10.4. The van der Waals surface area contributed by atoms with Crippen LogP contribution in [0.2, 0.25) is 0 Å². The molecule has 2 nitrogen and oxygen atoms in total. The monoisotopic (exact) mass is 247 g/mol. The molecule has 2 heterocycles. The van der Waals surface area contributed by atoms with Crippen molar-refractivity contribution in [2.24, 2.45) is 0 Å². The highest BCUT2D eigenvalue weighted by molar-refractivity contribution is 5.93. The van der Waals surface area contributed by atoms with Gasteiger partial charge in [-0.2, -0.15) is 0 Å². The molecule has 0 saturated carbocycles. The van der Waals surface area contributed by atoms with Gasteiger partial charge in [0, 0.05) is 5.39 Å². The van der Waals surface area contributed by atoms with Crippen molar-refractivity contribution in [3.05, 3.63) is 78.2 Å². The van der Waals surface area contributed by atoms with Crippen LogP contribution in [0, 0.1) is 0 Å². The zero-order valence-electron chi connectivity index (χ0n) is 10.3. The van der Waals surface area contributed by atoms with Crippen LogP contribution in [0.5, 0.6) is 0 Å². The van der Waals surface area contributed by atoms with Crippen LogP contribution >= 0.6 is 0 Å². The van der Waals surface area contributed by atoms with Crippen molar-refractivity contribution in [2.45, 2.75) is 5.92 Å². The Balaban J connectivity index is 1.93. The highest BCUT2D eigenvalue weighted by Crippen LogP contribution is 2.41. The lowest BCUT2D eigenvalue weighted by molar-refractivity contribution is 0.545. The number of hydrogen-bond donors (Lipinski definition) is 1. The molecular formula is C17H13NO. The third-order valence-electron chi connectivity index (χ3n) is 3.58. The maximum Gasteiger partial charge on any atom is 0.140 e. The molecule has 19 heavy (non-hydrogen) atoms. The minimum absolute atomic E-state index is 0.185. The van der Waals surface area contributed by atoms with Gasteiger partial charge in [0.2, 0.25) is 0 Å². The maximum atomic E-state index is 6.04. The Kier molecular flexibility index (Phi) is 2.21. The minimum atomic E-state index is 0.185. The Morgan fingerprint density at radius 2 is 1.68 bits per heavy atom. The average Bonchev–Trinajstić information content (AvgIpc) is 2.87. The molecule has 92 valence electrons. The second-order valence-electron chi connectivity index (χ2n) is 4.73. The van der Waals surface area contributed by atoms with E-state index < -0.39 is 0 Å². The molecule has 3 aromatic rings. The molecule has 0 fully saturated rings. The average molecular weight is 247 g/mol. The summed E-state index contributed by atoms with van der Waals surface area (Å²) >= 11 is 0. The number of furan rings is 1. The fourth-order valence-corrected chi connectivity index (χ4v) is 2.67. The van der Waals surface area contributed by atoms with E-state index in [4.69, 9.17) is 4.42 Å². The summed E-state index contributed by atoms with van der Waals surface area (Å²) in [5.41, 5.74) is 3.28. The van der Waals surface area contributed by atoms with E-state index in [0.29, 0.717) is 0 Å². The zero-order chi connectivity index (χ0) is 12.7. The van der Waals surface area contributed by atoms with Gasteiger partial charge in [-0.15, -0.1) is 0 Å². The van der Waals surface area contributed by atoms with E-state index in [1.165, 1.54) is 5.56 Å². The van der Waals surface area contributed by atoms with Crippen molar-refractivity contribution in [3.8, 4) is 0 Å². The number of fused-ring (bicyclic) bond motifs is 3. The van der Waals surface area contributed by atoms with Gasteiger partial charge in [-0.25, -0.2) is 0 Å². The lowest BCUT2D eigenvalue weighted by atomic mass is 9.93. The fourth-order valence-electron chi connectivity index (χ4n) is 2.67. The predicted octanol–water partition coefficient (Wildman–Crippen LogP) is 4.50. The second kappa shape index (κ2) is 4.02. The van der Waals surface area contributed by atoms with Crippen LogP contribution in [0.1, 0.15) is 17.2 Å². The van der Waals surface area contributed by atoms with Crippen molar-refractivity contribution in [1.82, 2.24) is 0 Å². The fraction of sp³-hybridized carbons (Fsp3) is 0.0588. The molecule has 0 aliphatic carbocycles. The Hall–Kier alpha value is -2.48. The van der Waals surface area contributed by atoms with E-state index in [1.54, 1.807) is 0 Å². The number of allylic oxidation sites excluding steroid dienone is 1. The number of para-hydroxylation sites is 1. The first-order valence-corrected chi connectivity index (χ1v) is 6.43. The van der Waals surface area contributed by atoms with Gasteiger partial charge >= 0.3 is 0 Å². The summed E-state index contributed by atoms with van der Waals surface area (Å²) in [5.74, 6) is 1.18. The molecule has 0 saturated heterocycles. The zero-order valence-corrected chi connectivity index (χ0v) is 10.3. The number of hydrogen-bond acceptors (Lipinski definition) is 2. The van der Waals surface area contributed by atoms with Gasteiger partial charge in [0.25, 0.3) is 0 Å². The van der Waals surface area contributed by atoms with Crippen molar-refractivity contribution in [1.29, 1.82) is 0 Å². The molecule has 0 bridgehead atoms. The van der Waals surface area contributed by atoms with Gasteiger partial charge in [0.15, 0.2) is 0 Å². The Morgan fingerprint density at radius 3 is 2.58 bits per heavy atom. The maximum absolute atomic E-state index is 6.04. The standard InChI is InChI=1S/C17H13NO/c1-2-6-12(7-3-1)13-10-11-18-16-14-8-4-5-9-15(14)19-17(13)16/h1-11,13,18H. The van der Waals surface area contributed by atoms with Crippen LogP contribution in [-0.4, -0.2) is 0 Å². The second-order valence-corrected chi connectivity index (χ2v) is 4.73. The molecule has 1 unspecified atom stereocenters. The van der Waals surface area contributed by atoms with Crippen LogP contribution in [0.3, 0.4) is 0 Å². The van der Waals surface area contributed by atoms with Crippen molar-refractivity contribution in [2.75, 3.05) is 5.32 Å². The van der Waals surface area contributed by atoms with Gasteiger partial charge in [-0.3, -0.25) is 0 Å². The van der Waals surface area contributed by atoms with Gasteiger partial charge < -0.3 is 9.73 Å². The number of anilines is 1. The first-order valence-electron chi connectivity index (χ1n) is 6.43. The Bertz CT molecular complexity index is 755. The van der Waals surface area contributed by atoms with E-state index in [-0.39, 0.29) is 5.92 Å². The summed E-state index contributed by atoms with van der Waals surface area (Å²) in [6.45, 7) is 0. The molecule has 0 spiro atoms. The van der Waals surface area contributed by atoms with Gasteiger partial charge in [-0.05, 0) is 23.9 Å². The number of rotatable bonds is 1. The largest absolute Gasteiger partial charge is 0.458 e. The summed E-state index contributed by atoms with van der Waals surface area (Å²) in [4.78, 5) is 0. The lowest BCUT2D eigenvalue weighted by Crippen LogP contribution is -2.05. The molecule has 0 amide bonds. The van der Waals surface area contributed by atoms with Crippen LogP contribution in [0.4, 0.5) is 5.69 Å². The van der Waals surface area contributed by atoms with E-state index >= 15 is 0 Å². The van der Waals surface area contributed by atoms with Gasteiger partial charge in [0.1, 0.15) is 11.3 Å². The van der Waals surface area contributed by atoms with Crippen LogP contribution in [0.25, 0.3) is 11.0 Å². The summed E-state index contributed by atoms with van der Waals surface area (Å²) in [7, 11) is 0. The highest BCUT2D eigenvalue weighted by Gasteiger charge is 2.24. The summed E-state index contributed by atoms with van der Waals surface area (Å²) in [6, 6.07) is 18.6. The summed E-state index contributed by atoms with van der Waals surface area (Å²) in [5, 5.41) is 4.45. The van der Waals surface area contributed by atoms with Crippen molar-refractivity contribution < 1.29 is 4.42 Å². The molecule has 4 rings (SSSR count). The Labute approximate surface area is 111 Å². The van der Waals surface area contributed by atoms with E-state index in [2.05, 4.69) is 41.7 Å². The molecule has 1 aliphatic heterocycles. The van der Waals surface area contributed by atoms with E-state index in [0.717, 1.165) is 22.4 Å². The van der Waals surface area contributed by atoms with Gasteiger partial charge in [0.05, 0.1) is 11.6 Å². The quantitative estimate of drug-likeness (QED) is 0.684. The molecule has 1 aliphatic rings. The molecule has 0 radical (unpaired) electrons. The minimum Gasteiger partial charge on any atom is -0.458 e. The van der Waals surface area contributed by atoms with Gasteiger partial charge in [-0.1, -0.05) is 48.5 Å². The molecule has 1 atom stereocenters. The van der Waals surface area contributed by atoms with Crippen LogP contribution < -0.4 is 5.32 Å². The SMILES string of the molecule is C1=CC(c2ccccc2)c2oc3ccccc3c2N1. The van der Waals surface area contributed by atoms with E-state index in [9.17, 15) is 0 Å². The lowest BCUT2D eigenvalue weighted by Gasteiger charge is -2.17. The first-order chi connectivity index (χ1) is 9.43. The predicted molar refractivity (Wildman–Crippen MR) is 77.3 cm³/mol.